The summed E-state index contributed by atoms with van der Waals surface area (Å²) < 4.78 is 63.7. The zero-order chi connectivity index (χ0) is 22.6. The van der Waals surface area contributed by atoms with E-state index in [9.17, 15) is 22.0 Å². The molecule has 30 heavy (non-hydrogen) atoms. The number of carbonyl (C=O) groups excluding carboxylic acids is 1. The highest BCUT2D eigenvalue weighted by Crippen LogP contribution is 2.40. The standard InChI is InChI=1S/C21H31F2NO5S/c1-16-13-24(19(25)29-20(2,3)4)14-18(21(16,22)23)11-8-12-28-30(26,27)15-17-9-6-5-7-10-17/h5-7,9-10,16,18H,8,11-15H2,1-4H3/t16-,18+/m1/s1. The third-order valence-corrected chi connectivity index (χ3v) is 6.15. The number of hydrogen-bond acceptors (Lipinski definition) is 5. The summed E-state index contributed by atoms with van der Waals surface area (Å²) in [4.78, 5) is 13.6. The Bertz CT molecular complexity index is 808. The molecule has 0 aromatic heterocycles. The van der Waals surface area contributed by atoms with E-state index in [1.54, 1.807) is 51.1 Å². The Kier molecular flexibility index (Phi) is 7.85. The van der Waals surface area contributed by atoms with Gasteiger partial charge in [-0.3, -0.25) is 4.18 Å². The van der Waals surface area contributed by atoms with Crippen molar-refractivity contribution in [3.05, 3.63) is 35.9 Å². The van der Waals surface area contributed by atoms with Gasteiger partial charge in [0.05, 0.1) is 6.61 Å². The maximum absolute atomic E-state index is 14.6. The van der Waals surface area contributed by atoms with Crippen LogP contribution < -0.4 is 0 Å². The lowest BCUT2D eigenvalue weighted by Crippen LogP contribution is -2.55. The highest BCUT2D eigenvalue weighted by Gasteiger charge is 2.50. The minimum atomic E-state index is -3.79. The molecular formula is C21H31F2NO5S. The van der Waals surface area contributed by atoms with Crippen molar-refractivity contribution in [1.82, 2.24) is 4.90 Å². The Hall–Kier alpha value is -1.74. The van der Waals surface area contributed by atoms with Crippen LogP contribution in [-0.2, 0) is 24.8 Å². The number of nitrogens with zero attached hydrogens (tertiary/aromatic N) is 1. The number of carbonyl (C=O) groups is 1. The molecule has 170 valence electrons. The summed E-state index contributed by atoms with van der Waals surface area (Å²) in [7, 11) is -3.79. The fraction of sp³-hybridized carbons (Fsp3) is 0.667. The maximum Gasteiger partial charge on any atom is 0.410 e. The van der Waals surface area contributed by atoms with Gasteiger partial charge in [-0.2, -0.15) is 8.42 Å². The van der Waals surface area contributed by atoms with Crippen molar-refractivity contribution in [3.63, 3.8) is 0 Å². The first-order valence-corrected chi connectivity index (χ1v) is 11.6. The monoisotopic (exact) mass is 447 g/mol. The molecule has 1 heterocycles. The smallest absolute Gasteiger partial charge is 0.410 e. The van der Waals surface area contributed by atoms with E-state index in [0.717, 1.165) is 0 Å². The van der Waals surface area contributed by atoms with Crippen molar-refractivity contribution in [1.29, 1.82) is 0 Å². The lowest BCUT2D eigenvalue weighted by Gasteiger charge is -2.42. The summed E-state index contributed by atoms with van der Waals surface area (Å²) in [6.45, 7) is 6.17. The molecule has 1 saturated heterocycles. The molecule has 1 aliphatic rings. The molecule has 0 aliphatic carbocycles. The summed E-state index contributed by atoms with van der Waals surface area (Å²) >= 11 is 0. The zero-order valence-electron chi connectivity index (χ0n) is 17.9. The first-order valence-electron chi connectivity index (χ1n) is 10.1. The van der Waals surface area contributed by atoms with E-state index < -0.39 is 39.6 Å². The molecule has 9 heteroatoms. The van der Waals surface area contributed by atoms with E-state index in [2.05, 4.69) is 0 Å². The topological polar surface area (TPSA) is 72.9 Å². The predicted octanol–water partition coefficient (Wildman–Crippen LogP) is 4.45. The van der Waals surface area contributed by atoms with Gasteiger partial charge < -0.3 is 9.64 Å². The first-order chi connectivity index (χ1) is 13.8. The zero-order valence-corrected chi connectivity index (χ0v) is 18.8. The van der Waals surface area contributed by atoms with Crippen molar-refractivity contribution in [2.75, 3.05) is 19.7 Å². The van der Waals surface area contributed by atoms with E-state index in [-0.39, 0.29) is 38.3 Å². The van der Waals surface area contributed by atoms with Crippen LogP contribution >= 0.6 is 0 Å². The number of amides is 1. The second-order valence-corrected chi connectivity index (χ2v) is 10.4. The van der Waals surface area contributed by atoms with Crippen molar-refractivity contribution < 1.29 is 30.9 Å². The van der Waals surface area contributed by atoms with Gasteiger partial charge in [0.2, 0.25) is 0 Å². The Morgan fingerprint density at radius 1 is 1.20 bits per heavy atom. The van der Waals surface area contributed by atoms with Crippen molar-refractivity contribution in [2.24, 2.45) is 11.8 Å². The van der Waals surface area contributed by atoms with Crippen LogP contribution in [0.25, 0.3) is 0 Å². The van der Waals surface area contributed by atoms with Gasteiger partial charge in [0.25, 0.3) is 16.0 Å². The average molecular weight is 448 g/mol. The number of hydrogen-bond donors (Lipinski definition) is 0. The van der Waals surface area contributed by atoms with Gasteiger partial charge in [0, 0.05) is 24.9 Å². The summed E-state index contributed by atoms with van der Waals surface area (Å²) in [6.07, 6.45) is -0.433. The Morgan fingerprint density at radius 3 is 2.43 bits per heavy atom. The number of rotatable bonds is 7. The molecule has 1 aromatic rings. The van der Waals surface area contributed by atoms with Gasteiger partial charge in [-0.25, -0.2) is 13.6 Å². The van der Waals surface area contributed by atoms with Crippen LogP contribution in [0.3, 0.4) is 0 Å². The maximum atomic E-state index is 14.6. The molecule has 1 amide bonds. The van der Waals surface area contributed by atoms with E-state index >= 15 is 0 Å². The molecule has 1 aromatic carbocycles. The highest BCUT2D eigenvalue weighted by molar-refractivity contribution is 7.85. The quantitative estimate of drug-likeness (QED) is 0.456. The number of likely N-dealkylation sites (tertiary alicyclic amines) is 1. The minimum Gasteiger partial charge on any atom is -0.444 e. The van der Waals surface area contributed by atoms with E-state index in [0.29, 0.717) is 5.56 Å². The molecule has 1 fully saturated rings. The fourth-order valence-electron chi connectivity index (χ4n) is 3.41. The van der Waals surface area contributed by atoms with E-state index in [4.69, 9.17) is 8.92 Å². The molecular weight excluding hydrogens is 416 g/mol. The minimum absolute atomic E-state index is 0.0392. The Balaban J connectivity index is 1.89. The van der Waals surface area contributed by atoms with Gasteiger partial charge in [-0.05, 0) is 39.2 Å². The van der Waals surface area contributed by atoms with Crippen LogP contribution in [0, 0.1) is 11.8 Å². The van der Waals surface area contributed by atoms with Crippen LogP contribution in [0.15, 0.2) is 30.3 Å². The average Bonchev–Trinajstić information content (AvgIpc) is 2.61. The van der Waals surface area contributed by atoms with Crippen LogP contribution in [0.4, 0.5) is 13.6 Å². The molecule has 0 saturated carbocycles. The molecule has 2 atom stereocenters. The summed E-state index contributed by atoms with van der Waals surface area (Å²) in [5.41, 5.74) is -0.116. The van der Waals surface area contributed by atoms with Crippen LogP contribution in [0.5, 0.6) is 0 Å². The van der Waals surface area contributed by atoms with Gasteiger partial charge >= 0.3 is 6.09 Å². The third-order valence-electron chi connectivity index (χ3n) is 4.93. The number of halogens is 2. The number of benzene rings is 1. The van der Waals surface area contributed by atoms with Crippen LogP contribution in [0.2, 0.25) is 0 Å². The van der Waals surface area contributed by atoms with E-state index in [1.165, 1.54) is 11.8 Å². The highest BCUT2D eigenvalue weighted by atomic mass is 32.2. The van der Waals surface area contributed by atoms with Gasteiger partial charge in [0.1, 0.15) is 11.4 Å². The summed E-state index contributed by atoms with van der Waals surface area (Å²) in [6, 6.07) is 8.59. The Labute approximate surface area is 177 Å². The van der Waals surface area contributed by atoms with Crippen LogP contribution in [-0.4, -0.2) is 50.6 Å². The molecule has 0 N–H and O–H groups in total. The number of ether oxygens (including phenoxy) is 1. The molecule has 0 unspecified atom stereocenters. The SMILES string of the molecule is C[C@@H]1CN(C(=O)OC(C)(C)C)C[C@H](CCCOS(=O)(=O)Cc2ccccc2)C1(F)F. The number of piperidine rings is 1. The largest absolute Gasteiger partial charge is 0.444 e. The molecule has 1 aliphatic heterocycles. The van der Waals surface area contributed by atoms with Crippen molar-refractivity contribution in [2.45, 2.75) is 57.8 Å². The third kappa shape index (κ3) is 7.19. The molecule has 0 spiro atoms. The van der Waals surface area contributed by atoms with Crippen LogP contribution in [0.1, 0.15) is 46.1 Å². The summed E-state index contributed by atoms with van der Waals surface area (Å²) in [5, 5.41) is 0. The van der Waals surface area contributed by atoms with Crippen molar-refractivity contribution in [3.8, 4) is 0 Å². The molecule has 0 bridgehead atoms. The Morgan fingerprint density at radius 2 is 1.83 bits per heavy atom. The van der Waals surface area contributed by atoms with E-state index in [1.807, 2.05) is 0 Å². The lowest BCUT2D eigenvalue weighted by molar-refractivity contribution is -0.145. The van der Waals surface area contributed by atoms with Gasteiger partial charge in [0.15, 0.2) is 0 Å². The predicted molar refractivity (Wildman–Crippen MR) is 110 cm³/mol. The van der Waals surface area contributed by atoms with Crippen molar-refractivity contribution >= 4 is 16.2 Å². The first kappa shape index (κ1) is 24.5. The van der Waals surface area contributed by atoms with Gasteiger partial charge in [-0.1, -0.05) is 37.3 Å². The second-order valence-electron chi connectivity index (χ2n) is 8.81. The molecule has 2 rings (SSSR count). The second kappa shape index (κ2) is 9.60. The number of alkyl halides is 2. The normalized spacial score (nSPS) is 22.0. The van der Waals surface area contributed by atoms with Gasteiger partial charge in [-0.15, -0.1) is 0 Å². The molecule has 6 nitrogen and oxygen atoms in total. The fourth-order valence-corrected chi connectivity index (χ4v) is 4.47. The molecule has 0 radical (unpaired) electrons. The summed E-state index contributed by atoms with van der Waals surface area (Å²) in [5.74, 6) is -5.33. The lowest BCUT2D eigenvalue weighted by atomic mass is 9.83.